The second-order valence-corrected chi connectivity index (χ2v) is 8.36. The first kappa shape index (κ1) is 23.8. The van der Waals surface area contributed by atoms with Crippen LogP contribution in [0, 0.1) is 16.7 Å². The molecule has 1 aromatic heterocycles. The Kier molecular flexibility index (Phi) is 7.58. The van der Waals surface area contributed by atoms with E-state index in [0.29, 0.717) is 41.2 Å². The summed E-state index contributed by atoms with van der Waals surface area (Å²) in [4.78, 5) is 16.2. The maximum atomic E-state index is 11.5. The number of hydrogen-bond donors (Lipinski definition) is 4. The third kappa shape index (κ3) is 6.15. The summed E-state index contributed by atoms with van der Waals surface area (Å²) >= 11 is 0. The number of carboxylic acid groups (broad SMARTS) is 1. The van der Waals surface area contributed by atoms with Crippen LogP contribution in [0.4, 0.5) is 11.5 Å². The summed E-state index contributed by atoms with van der Waals surface area (Å²) in [5.74, 6) is 0.616. The Morgan fingerprint density at radius 3 is 2.97 bits per heavy atom. The lowest BCUT2D eigenvalue weighted by molar-refractivity contribution is -0.137. The number of nitrogens with one attached hydrogen (secondary N) is 3. The Morgan fingerprint density at radius 1 is 1.29 bits per heavy atom. The molecule has 35 heavy (non-hydrogen) atoms. The fraction of sp³-hybridized carbons (Fsp3) is 0.259. The van der Waals surface area contributed by atoms with Crippen molar-refractivity contribution in [1.82, 2.24) is 4.98 Å². The molecule has 178 valence electrons. The summed E-state index contributed by atoms with van der Waals surface area (Å²) in [5.41, 5.74) is 4.54. The highest BCUT2D eigenvalue weighted by atomic mass is 16.5. The maximum Gasteiger partial charge on any atom is 0.305 e. The van der Waals surface area contributed by atoms with Crippen molar-refractivity contribution in [1.29, 1.82) is 10.7 Å². The zero-order valence-corrected chi connectivity index (χ0v) is 19.3. The van der Waals surface area contributed by atoms with Crippen LogP contribution >= 0.6 is 0 Å². The SMILES string of the molecule is N#Cc1cccc(C(CC(=O)O)Nc2ccc(OCCc3ccc4c(n3)NCCC4)cc2C=N)c1. The van der Waals surface area contributed by atoms with Crippen LogP contribution in [0.2, 0.25) is 0 Å². The number of aliphatic carboxylic acids is 1. The van der Waals surface area contributed by atoms with E-state index in [9.17, 15) is 15.2 Å². The van der Waals surface area contributed by atoms with Gasteiger partial charge in [0, 0.05) is 36.1 Å². The predicted octanol–water partition coefficient (Wildman–Crippen LogP) is 4.56. The van der Waals surface area contributed by atoms with Crippen LogP contribution in [0.1, 0.15) is 46.8 Å². The zero-order valence-electron chi connectivity index (χ0n) is 19.3. The number of ether oxygens (including phenoxy) is 1. The highest BCUT2D eigenvalue weighted by Crippen LogP contribution is 2.28. The van der Waals surface area contributed by atoms with Crippen LogP contribution in [-0.4, -0.2) is 35.4 Å². The number of nitriles is 1. The molecule has 0 aliphatic carbocycles. The zero-order chi connectivity index (χ0) is 24.6. The molecule has 0 bridgehead atoms. The van der Waals surface area contributed by atoms with Crippen molar-refractivity contribution < 1.29 is 14.6 Å². The lowest BCUT2D eigenvalue weighted by Gasteiger charge is -2.21. The number of carbonyl (C=O) groups is 1. The summed E-state index contributed by atoms with van der Waals surface area (Å²) < 4.78 is 5.91. The molecule has 8 heteroatoms. The quantitative estimate of drug-likeness (QED) is 0.320. The van der Waals surface area contributed by atoms with Crippen LogP contribution in [0.25, 0.3) is 0 Å². The molecule has 0 fully saturated rings. The second-order valence-electron chi connectivity index (χ2n) is 8.36. The van der Waals surface area contributed by atoms with Gasteiger partial charge in [0.05, 0.1) is 30.7 Å². The summed E-state index contributed by atoms with van der Waals surface area (Å²) in [5, 5.41) is 33.0. The standard InChI is InChI=1S/C27H27N5O3/c28-16-18-3-1-4-20(13-18)25(15-26(33)34)32-24-9-8-23(14-21(24)17-29)35-12-10-22-7-6-19-5-2-11-30-27(19)31-22/h1,3-4,6-9,13-14,17,25,29,32H,2,5,10-12,15H2,(H,30,31)(H,33,34). The van der Waals surface area contributed by atoms with Gasteiger partial charge in [-0.2, -0.15) is 5.26 Å². The summed E-state index contributed by atoms with van der Waals surface area (Å²) in [6.45, 7) is 1.39. The van der Waals surface area contributed by atoms with E-state index in [-0.39, 0.29) is 6.42 Å². The highest BCUT2D eigenvalue weighted by Gasteiger charge is 2.18. The summed E-state index contributed by atoms with van der Waals surface area (Å²) in [6, 6.07) is 17.9. The molecule has 0 saturated heterocycles. The van der Waals surface area contributed by atoms with Crippen LogP contribution in [0.15, 0.2) is 54.6 Å². The molecule has 0 amide bonds. The number of hydrogen-bond acceptors (Lipinski definition) is 7. The van der Waals surface area contributed by atoms with Crippen LogP contribution in [0.3, 0.4) is 0 Å². The Bertz CT molecular complexity index is 1270. The molecule has 1 aliphatic heterocycles. The number of benzene rings is 2. The third-order valence-corrected chi connectivity index (χ3v) is 5.88. The first-order valence-corrected chi connectivity index (χ1v) is 11.5. The van der Waals surface area contributed by atoms with Crippen LogP contribution in [-0.2, 0) is 17.6 Å². The number of rotatable bonds is 10. The van der Waals surface area contributed by atoms with E-state index >= 15 is 0 Å². The largest absolute Gasteiger partial charge is 0.493 e. The Labute approximate surface area is 204 Å². The monoisotopic (exact) mass is 469 g/mol. The number of nitrogens with zero attached hydrogens (tertiary/aromatic N) is 2. The number of aryl methyl sites for hydroxylation is 1. The third-order valence-electron chi connectivity index (χ3n) is 5.88. The molecule has 3 aromatic rings. The molecule has 2 heterocycles. The molecule has 0 radical (unpaired) electrons. The first-order valence-electron chi connectivity index (χ1n) is 11.5. The molecule has 0 spiro atoms. The van der Waals surface area contributed by atoms with E-state index in [2.05, 4.69) is 27.8 Å². The second kappa shape index (κ2) is 11.2. The fourth-order valence-electron chi connectivity index (χ4n) is 4.10. The minimum atomic E-state index is -0.966. The van der Waals surface area contributed by atoms with Crippen molar-refractivity contribution in [2.75, 3.05) is 23.8 Å². The first-order chi connectivity index (χ1) is 17.1. The number of carboxylic acids is 1. The van der Waals surface area contributed by atoms with Gasteiger partial charge < -0.3 is 25.9 Å². The average Bonchev–Trinajstić information content (AvgIpc) is 2.88. The van der Waals surface area contributed by atoms with E-state index in [4.69, 9.17) is 10.1 Å². The lowest BCUT2D eigenvalue weighted by Crippen LogP contribution is -2.16. The minimum Gasteiger partial charge on any atom is -0.493 e. The lowest BCUT2D eigenvalue weighted by atomic mass is 10.0. The van der Waals surface area contributed by atoms with E-state index in [1.54, 1.807) is 42.5 Å². The molecule has 1 aliphatic rings. The van der Waals surface area contributed by atoms with Crippen molar-refractivity contribution in [3.8, 4) is 11.8 Å². The number of aromatic nitrogens is 1. The fourth-order valence-corrected chi connectivity index (χ4v) is 4.10. The molecular weight excluding hydrogens is 442 g/mol. The number of anilines is 2. The molecule has 1 unspecified atom stereocenters. The van der Waals surface area contributed by atoms with E-state index in [1.807, 2.05) is 6.07 Å². The van der Waals surface area contributed by atoms with Gasteiger partial charge in [0.2, 0.25) is 0 Å². The Balaban J connectivity index is 1.43. The molecule has 2 aromatic carbocycles. The van der Waals surface area contributed by atoms with Crippen molar-refractivity contribution in [3.05, 3.63) is 82.5 Å². The number of pyridine rings is 1. The molecular formula is C27H27N5O3. The predicted molar refractivity (Wildman–Crippen MR) is 134 cm³/mol. The van der Waals surface area contributed by atoms with Gasteiger partial charge in [0.1, 0.15) is 11.6 Å². The van der Waals surface area contributed by atoms with E-state index in [1.165, 1.54) is 11.8 Å². The van der Waals surface area contributed by atoms with Gasteiger partial charge in [0.25, 0.3) is 0 Å². The molecule has 8 nitrogen and oxygen atoms in total. The van der Waals surface area contributed by atoms with Crippen molar-refractivity contribution in [2.45, 2.75) is 31.7 Å². The van der Waals surface area contributed by atoms with Crippen LogP contribution in [0.5, 0.6) is 5.75 Å². The van der Waals surface area contributed by atoms with Gasteiger partial charge in [-0.05, 0) is 60.4 Å². The van der Waals surface area contributed by atoms with Gasteiger partial charge in [-0.15, -0.1) is 0 Å². The highest BCUT2D eigenvalue weighted by molar-refractivity contribution is 5.87. The maximum absolute atomic E-state index is 11.5. The molecule has 4 rings (SSSR count). The molecule has 1 atom stereocenters. The van der Waals surface area contributed by atoms with E-state index in [0.717, 1.165) is 30.9 Å². The van der Waals surface area contributed by atoms with Gasteiger partial charge in [-0.3, -0.25) is 4.79 Å². The van der Waals surface area contributed by atoms with Gasteiger partial charge in [-0.1, -0.05) is 18.2 Å². The normalized spacial score (nSPS) is 13.0. The Hall–Kier alpha value is -4.38. The van der Waals surface area contributed by atoms with Gasteiger partial charge in [0.15, 0.2) is 0 Å². The topological polar surface area (TPSA) is 131 Å². The van der Waals surface area contributed by atoms with E-state index < -0.39 is 12.0 Å². The smallest absolute Gasteiger partial charge is 0.305 e. The van der Waals surface area contributed by atoms with Crippen molar-refractivity contribution >= 4 is 23.7 Å². The molecule has 4 N–H and O–H groups in total. The van der Waals surface area contributed by atoms with Gasteiger partial charge >= 0.3 is 5.97 Å². The van der Waals surface area contributed by atoms with Gasteiger partial charge in [-0.25, -0.2) is 4.98 Å². The Morgan fingerprint density at radius 2 is 2.17 bits per heavy atom. The van der Waals surface area contributed by atoms with Crippen molar-refractivity contribution in [2.24, 2.45) is 0 Å². The summed E-state index contributed by atoms with van der Waals surface area (Å²) in [6.07, 6.45) is 3.87. The van der Waals surface area contributed by atoms with Crippen molar-refractivity contribution in [3.63, 3.8) is 0 Å². The minimum absolute atomic E-state index is 0.173. The molecule has 0 saturated carbocycles. The number of fused-ring (bicyclic) bond motifs is 1. The van der Waals surface area contributed by atoms with Crippen LogP contribution < -0.4 is 15.4 Å². The average molecular weight is 470 g/mol. The summed E-state index contributed by atoms with van der Waals surface area (Å²) in [7, 11) is 0.